The first kappa shape index (κ1) is 18.7. The number of hydrogen-bond donors (Lipinski definition) is 2. The second-order valence-corrected chi connectivity index (χ2v) is 3.93. The number of carbonyl (C=O) groups is 1. The molecule has 0 aliphatic heterocycles. The van der Waals surface area contributed by atoms with Crippen molar-refractivity contribution in [2.24, 2.45) is 0 Å². The fraction of sp³-hybridized carbons (Fsp3) is 0.417. The number of halogens is 5. The standard InChI is InChI=1S/C12H14F4N2O.ClH/c1-17-5-4-11(19)18-7-8-2-3-9(13)6-10(8)12(14,15)16;/h2-3,6,17H,4-5,7H2,1H3,(H,18,19);1H. The lowest BCUT2D eigenvalue weighted by Gasteiger charge is -2.13. The van der Waals surface area contributed by atoms with E-state index in [0.29, 0.717) is 12.6 Å². The average Bonchev–Trinajstić information content (AvgIpc) is 2.33. The highest BCUT2D eigenvalue weighted by molar-refractivity contribution is 5.85. The maximum atomic E-state index is 12.8. The summed E-state index contributed by atoms with van der Waals surface area (Å²) in [5, 5.41) is 5.11. The normalized spacial score (nSPS) is 10.8. The fourth-order valence-corrected chi connectivity index (χ4v) is 1.49. The van der Waals surface area contributed by atoms with E-state index in [2.05, 4.69) is 10.6 Å². The quantitative estimate of drug-likeness (QED) is 0.820. The lowest BCUT2D eigenvalue weighted by atomic mass is 10.1. The van der Waals surface area contributed by atoms with Gasteiger partial charge in [-0.15, -0.1) is 12.4 Å². The molecule has 1 amide bonds. The van der Waals surface area contributed by atoms with Crippen molar-refractivity contribution in [3.63, 3.8) is 0 Å². The predicted molar refractivity (Wildman–Crippen MR) is 69.0 cm³/mol. The van der Waals surface area contributed by atoms with Crippen LogP contribution in [0.5, 0.6) is 0 Å². The van der Waals surface area contributed by atoms with Crippen molar-refractivity contribution in [2.45, 2.75) is 19.1 Å². The SMILES string of the molecule is CNCCC(=O)NCc1ccc(F)cc1C(F)(F)F.Cl. The Morgan fingerprint density at radius 2 is 1.95 bits per heavy atom. The molecule has 1 rings (SSSR count). The summed E-state index contributed by atoms with van der Waals surface area (Å²) >= 11 is 0. The predicted octanol–water partition coefficient (Wildman–Crippen LogP) is 2.49. The van der Waals surface area contributed by atoms with E-state index in [-0.39, 0.29) is 36.8 Å². The highest BCUT2D eigenvalue weighted by atomic mass is 35.5. The molecule has 0 aromatic heterocycles. The molecular weight excluding hydrogens is 300 g/mol. The number of benzene rings is 1. The minimum Gasteiger partial charge on any atom is -0.352 e. The van der Waals surface area contributed by atoms with E-state index in [0.717, 1.165) is 12.1 Å². The Hall–Kier alpha value is -1.34. The molecule has 1 aromatic rings. The van der Waals surface area contributed by atoms with Crippen LogP contribution in [0.2, 0.25) is 0 Å². The van der Waals surface area contributed by atoms with Crippen LogP contribution in [0.15, 0.2) is 18.2 Å². The van der Waals surface area contributed by atoms with Crippen molar-refractivity contribution in [3.05, 3.63) is 35.1 Å². The summed E-state index contributed by atoms with van der Waals surface area (Å²) in [6.45, 7) is 0.152. The molecule has 0 fully saturated rings. The van der Waals surface area contributed by atoms with Gasteiger partial charge in [-0.25, -0.2) is 4.39 Å². The minimum atomic E-state index is -4.65. The Kier molecular flexibility index (Phi) is 7.52. The molecule has 1 aromatic carbocycles. The van der Waals surface area contributed by atoms with Crippen molar-refractivity contribution in [1.82, 2.24) is 10.6 Å². The van der Waals surface area contributed by atoms with E-state index in [1.165, 1.54) is 0 Å². The molecule has 0 heterocycles. The van der Waals surface area contributed by atoms with Gasteiger partial charge in [0.15, 0.2) is 0 Å². The summed E-state index contributed by atoms with van der Waals surface area (Å²) in [5.74, 6) is -1.33. The molecule has 0 spiro atoms. The van der Waals surface area contributed by atoms with E-state index in [9.17, 15) is 22.4 Å². The van der Waals surface area contributed by atoms with Gasteiger partial charge >= 0.3 is 6.18 Å². The van der Waals surface area contributed by atoms with E-state index in [1.54, 1.807) is 7.05 Å². The lowest BCUT2D eigenvalue weighted by Crippen LogP contribution is -2.27. The molecule has 2 N–H and O–H groups in total. The summed E-state index contributed by atoms with van der Waals surface area (Å²) in [4.78, 5) is 11.3. The van der Waals surface area contributed by atoms with Crippen LogP contribution in [0.1, 0.15) is 17.5 Å². The first-order chi connectivity index (χ1) is 8.84. The maximum Gasteiger partial charge on any atom is 0.416 e. The van der Waals surface area contributed by atoms with E-state index in [4.69, 9.17) is 0 Å². The Morgan fingerprint density at radius 3 is 2.50 bits per heavy atom. The molecule has 20 heavy (non-hydrogen) atoms. The average molecular weight is 315 g/mol. The minimum absolute atomic E-state index is 0. The zero-order valence-electron chi connectivity index (χ0n) is 10.7. The van der Waals surface area contributed by atoms with Gasteiger partial charge in [-0.2, -0.15) is 13.2 Å². The van der Waals surface area contributed by atoms with Gasteiger partial charge in [-0.05, 0) is 24.7 Å². The number of hydrogen-bond acceptors (Lipinski definition) is 2. The molecule has 0 aliphatic rings. The molecule has 114 valence electrons. The number of amides is 1. The maximum absolute atomic E-state index is 12.8. The molecule has 0 bridgehead atoms. The van der Waals surface area contributed by atoms with Gasteiger partial charge in [0.2, 0.25) is 5.91 Å². The number of alkyl halides is 3. The highest BCUT2D eigenvalue weighted by Crippen LogP contribution is 2.32. The van der Waals surface area contributed by atoms with Crippen molar-refractivity contribution < 1.29 is 22.4 Å². The Balaban J connectivity index is 0.00000361. The van der Waals surface area contributed by atoms with Gasteiger partial charge < -0.3 is 10.6 Å². The molecule has 0 radical (unpaired) electrons. The number of nitrogens with one attached hydrogen (secondary N) is 2. The van der Waals surface area contributed by atoms with Gasteiger partial charge in [0.05, 0.1) is 5.56 Å². The molecule has 3 nitrogen and oxygen atoms in total. The smallest absolute Gasteiger partial charge is 0.352 e. The van der Waals surface area contributed by atoms with Crippen LogP contribution in [0.3, 0.4) is 0 Å². The van der Waals surface area contributed by atoms with Crippen molar-refractivity contribution >= 4 is 18.3 Å². The Morgan fingerprint density at radius 1 is 1.30 bits per heavy atom. The summed E-state index contributed by atoms with van der Waals surface area (Å²) in [5.41, 5.74) is -1.23. The molecule has 0 aliphatic carbocycles. The van der Waals surface area contributed by atoms with Crippen molar-refractivity contribution in [3.8, 4) is 0 Å². The van der Waals surface area contributed by atoms with Crippen LogP contribution < -0.4 is 10.6 Å². The Bertz CT molecular complexity index is 452. The molecule has 0 atom stereocenters. The van der Waals surface area contributed by atoms with Crippen LogP contribution in [0.25, 0.3) is 0 Å². The van der Waals surface area contributed by atoms with Crippen LogP contribution >= 0.6 is 12.4 Å². The number of carbonyl (C=O) groups excluding carboxylic acids is 1. The first-order valence-electron chi connectivity index (χ1n) is 5.61. The third-order valence-electron chi connectivity index (χ3n) is 2.46. The largest absolute Gasteiger partial charge is 0.416 e. The summed E-state index contributed by atoms with van der Waals surface area (Å²) in [6.07, 6.45) is -4.48. The Labute approximate surface area is 120 Å². The third kappa shape index (κ3) is 5.75. The molecule has 0 unspecified atom stereocenters. The van der Waals surface area contributed by atoms with E-state index >= 15 is 0 Å². The van der Waals surface area contributed by atoms with E-state index < -0.39 is 17.6 Å². The van der Waals surface area contributed by atoms with Gasteiger partial charge in [0, 0.05) is 19.5 Å². The summed E-state index contributed by atoms with van der Waals surface area (Å²) < 4.78 is 50.8. The van der Waals surface area contributed by atoms with Crippen LogP contribution in [0.4, 0.5) is 17.6 Å². The monoisotopic (exact) mass is 314 g/mol. The van der Waals surface area contributed by atoms with Gasteiger partial charge in [0.25, 0.3) is 0 Å². The lowest BCUT2D eigenvalue weighted by molar-refractivity contribution is -0.138. The second kappa shape index (κ2) is 8.06. The third-order valence-corrected chi connectivity index (χ3v) is 2.46. The summed E-state index contributed by atoms with van der Waals surface area (Å²) in [6, 6.07) is 2.38. The molecule has 0 saturated heterocycles. The molecular formula is C12H15ClF4N2O. The first-order valence-corrected chi connectivity index (χ1v) is 5.61. The van der Waals surface area contributed by atoms with Crippen molar-refractivity contribution in [2.75, 3.05) is 13.6 Å². The highest BCUT2D eigenvalue weighted by Gasteiger charge is 2.33. The fourth-order valence-electron chi connectivity index (χ4n) is 1.49. The van der Waals surface area contributed by atoms with Gasteiger partial charge in [-0.1, -0.05) is 6.07 Å². The van der Waals surface area contributed by atoms with Crippen molar-refractivity contribution in [1.29, 1.82) is 0 Å². The number of rotatable bonds is 5. The van der Waals surface area contributed by atoms with Gasteiger partial charge in [0.1, 0.15) is 5.82 Å². The zero-order chi connectivity index (χ0) is 14.5. The topological polar surface area (TPSA) is 41.1 Å². The van der Waals surface area contributed by atoms with Crippen LogP contribution in [-0.2, 0) is 17.5 Å². The van der Waals surface area contributed by atoms with Crippen LogP contribution in [0, 0.1) is 5.82 Å². The molecule has 0 saturated carbocycles. The van der Waals surface area contributed by atoms with E-state index in [1.807, 2.05) is 0 Å². The summed E-state index contributed by atoms with van der Waals surface area (Å²) in [7, 11) is 1.66. The van der Waals surface area contributed by atoms with Gasteiger partial charge in [-0.3, -0.25) is 4.79 Å². The van der Waals surface area contributed by atoms with Crippen LogP contribution in [-0.4, -0.2) is 19.5 Å². The zero-order valence-corrected chi connectivity index (χ0v) is 11.5. The second-order valence-electron chi connectivity index (χ2n) is 3.93. The molecule has 8 heteroatoms.